The second-order valence-corrected chi connectivity index (χ2v) is 3.47. The molecular weight excluding hydrogens is 264 g/mol. The van der Waals surface area contributed by atoms with Gasteiger partial charge in [0.2, 0.25) is 0 Å². The summed E-state index contributed by atoms with van der Waals surface area (Å²) in [6.07, 6.45) is 0.0607. The van der Waals surface area contributed by atoms with Gasteiger partial charge in [-0.05, 0) is 0 Å². The van der Waals surface area contributed by atoms with Crippen LogP contribution in [0.15, 0.2) is 17.3 Å². The lowest BCUT2D eigenvalue weighted by molar-refractivity contribution is -0.385. The van der Waals surface area contributed by atoms with Crippen LogP contribution in [-0.4, -0.2) is 22.5 Å². The third kappa shape index (κ3) is 4.14. The number of rotatable bonds is 6. The Labute approximate surface area is 106 Å². The summed E-state index contributed by atoms with van der Waals surface area (Å²) in [5.41, 5.74) is 4.09. The number of hydrogen-bond donors (Lipinski definition) is 2. The van der Waals surface area contributed by atoms with Crippen LogP contribution in [0.25, 0.3) is 0 Å². The highest BCUT2D eigenvalue weighted by atomic mass is 19.1. The lowest BCUT2D eigenvalue weighted by atomic mass is 10.2. The van der Waals surface area contributed by atoms with Gasteiger partial charge in [0.05, 0.1) is 29.2 Å². The molecule has 3 N–H and O–H groups in total. The van der Waals surface area contributed by atoms with Gasteiger partial charge in [0.25, 0.3) is 5.69 Å². The SMILES string of the molecule is N/C(CCO)=N\OCc1c(F)cc([N+](=O)[O-])cc1F. The molecule has 0 fully saturated rings. The maximum atomic E-state index is 13.4. The predicted octanol–water partition coefficient (Wildman–Crippen LogP) is 1.04. The molecule has 0 spiro atoms. The topological polar surface area (TPSA) is 111 Å². The first-order valence-corrected chi connectivity index (χ1v) is 5.13. The van der Waals surface area contributed by atoms with E-state index in [-0.39, 0.29) is 18.9 Å². The number of amidine groups is 1. The van der Waals surface area contributed by atoms with Crippen LogP contribution in [0.2, 0.25) is 0 Å². The van der Waals surface area contributed by atoms with Crippen LogP contribution in [0.4, 0.5) is 14.5 Å². The number of non-ortho nitro benzene ring substituents is 1. The normalized spacial score (nSPS) is 11.4. The van der Waals surface area contributed by atoms with Crippen LogP contribution >= 0.6 is 0 Å². The molecule has 0 atom stereocenters. The minimum absolute atomic E-state index is 0.0368. The largest absolute Gasteiger partial charge is 0.396 e. The van der Waals surface area contributed by atoms with Gasteiger partial charge in [-0.1, -0.05) is 5.16 Å². The van der Waals surface area contributed by atoms with E-state index in [1.165, 1.54) is 0 Å². The van der Waals surface area contributed by atoms with Gasteiger partial charge in [-0.2, -0.15) is 0 Å². The smallest absolute Gasteiger partial charge is 0.275 e. The fourth-order valence-electron chi connectivity index (χ4n) is 1.17. The Morgan fingerprint density at radius 1 is 1.47 bits per heavy atom. The third-order valence-electron chi connectivity index (χ3n) is 2.10. The zero-order valence-electron chi connectivity index (χ0n) is 9.68. The zero-order valence-corrected chi connectivity index (χ0v) is 9.68. The van der Waals surface area contributed by atoms with Crippen molar-refractivity contribution in [3.63, 3.8) is 0 Å². The summed E-state index contributed by atoms with van der Waals surface area (Å²) in [4.78, 5) is 14.1. The molecule has 0 aliphatic carbocycles. The summed E-state index contributed by atoms with van der Waals surface area (Å²) in [6, 6.07) is 1.17. The van der Waals surface area contributed by atoms with E-state index >= 15 is 0 Å². The molecule has 104 valence electrons. The van der Waals surface area contributed by atoms with Crippen molar-refractivity contribution in [1.29, 1.82) is 0 Å². The second kappa shape index (κ2) is 6.59. The van der Waals surface area contributed by atoms with Crippen molar-refractivity contribution in [2.24, 2.45) is 10.9 Å². The number of nitrogens with zero attached hydrogens (tertiary/aromatic N) is 2. The number of aliphatic hydroxyl groups excluding tert-OH is 1. The molecule has 0 amide bonds. The molecule has 7 nitrogen and oxygen atoms in total. The van der Waals surface area contributed by atoms with Crippen LogP contribution in [0.3, 0.4) is 0 Å². The molecule has 0 aromatic heterocycles. The third-order valence-corrected chi connectivity index (χ3v) is 2.10. The van der Waals surface area contributed by atoms with Gasteiger partial charge >= 0.3 is 0 Å². The van der Waals surface area contributed by atoms with Gasteiger partial charge in [0.1, 0.15) is 24.1 Å². The van der Waals surface area contributed by atoms with Gasteiger partial charge in [-0.15, -0.1) is 0 Å². The number of nitrogens with two attached hydrogens (primary N) is 1. The molecule has 1 aromatic rings. The number of benzene rings is 1. The summed E-state index contributed by atoms with van der Waals surface area (Å²) in [6.45, 7) is -0.805. The summed E-state index contributed by atoms with van der Waals surface area (Å²) in [7, 11) is 0. The zero-order chi connectivity index (χ0) is 14.4. The maximum absolute atomic E-state index is 13.4. The summed E-state index contributed by atoms with van der Waals surface area (Å²) in [5.74, 6) is -2.25. The molecular formula is C10H11F2N3O4. The van der Waals surface area contributed by atoms with E-state index < -0.39 is 34.4 Å². The number of oxime groups is 1. The maximum Gasteiger partial charge on any atom is 0.275 e. The van der Waals surface area contributed by atoms with Crippen molar-refractivity contribution in [3.8, 4) is 0 Å². The first kappa shape index (κ1) is 14.8. The monoisotopic (exact) mass is 275 g/mol. The van der Waals surface area contributed by atoms with Gasteiger partial charge in [0, 0.05) is 6.42 Å². The molecule has 19 heavy (non-hydrogen) atoms. The molecule has 0 unspecified atom stereocenters. The van der Waals surface area contributed by atoms with Crippen molar-refractivity contribution in [1.82, 2.24) is 0 Å². The molecule has 0 aliphatic heterocycles. The fraction of sp³-hybridized carbons (Fsp3) is 0.300. The molecule has 0 saturated carbocycles. The molecule has 0 radical (unpaired) electrons. The summed E-state index contributed by atoms with van der Waals surface area (Å²) in [5, 5.41) is 22.2. The van der Waals surface area contributed by atoms with Gasteiger partial charge in [-0.25, -0.2) is 8.78 Å². The minimum Gasteiger partial charge on any atom is -0.396 e. The highest BCUT2D eigenvalue weighted by Crippen LogP contribution is 2.21. The van der Waals surface area contributed by atoms with E-state index in [1.54, 1.807) is 0 Å². The first-order valence-electron chi connectivity index (χ1n) is 5.13. The van der Waals surface area contributed by atoms with Crippen molar-refractivity contribution in [2.75, 3.05) is 6.61 Å². The van der Waals surface area contributed by atoms with Gasteiger partial charge in [-0.3, -0.25) is 10.1 Å². The van der Waals surface area contributed by atoms with Crippen molar-refractivity contribution < 1.29 is 23.6 Å². The van der Waals surface area contributed by atoms with E-state index in [4.69, 9.17) is 10.8 Å². The Bertz CT molecular complexity index is 485. The number of nitro benzene ring substituents is 1. The van der Waals surface area contributed by atoms with Crippen LogP contribution in [0.5, 0.6) is 0 Å². The highest BCUT2D eigenvalue weighted by molar-refractivity contribution is 5.79. The molecule has 0 heterocycles. The lowest BCUT2D eigenvalue weighted by Gasteiger charge is -2.04. The average molecular weight is 275 g/mol. The fourth-order valence-corrected chi connectivity index (χ4v) is 1.17. The van der Waals surface area contributed by atoms with Gasteiger partial charge < -0.3 is 15.7 Å². The summed E-state index contributed by atoms with van der Waals surface area (Å²) >= 11 is 0. The Balaban J connectivity index is 2.80. The average Bonchev–Trinajstić information content (AvgIpc) is 2.32. The molecule has 9 heteroatoms. The molecule has 1 aromatic carbocycles. The van der Waals surface area contributed by atoms with Crippen molar-refractivity contribution >= 4 is 11.5 Å². The van der Waals surface area contributed by atoms with E-state index in [0.29, 0.717) is 12.1 Å². The Hall–Kier alpha value is -2.29. The van der Waals surface area contributed by atoms with Crippen molar-refractivity contribution in [3.05, 3.63) is 39.4 Å². The minimum atomic E-state index is -1.11. The number of nitro groups is 1. The Morgan fingerprint density at radius 3 is 2.53 bits per heavy atom. The van der Waals surface area contributed by atoms with Crippen LogP contribution in [0.1, 0.15) is 12.0 Å². The van der Waals surface area contributed by atoms with Gasteiger partial charge in [0.15, 0.2) is 0 Å². The predicted molar refractivity (Wildman–Crippen MR) is 61.1 cm³/mol. The molecule has 0 saturated heterocycles. The van der Waals surface area contributed by atoms with Crippen LogP contribution in [0, 0.1) is 21.7 Å². The molecule has 0 aliphatic rings. The number of aliphatic hydroxyl groups is 1. The lowest BCUT2D eigenvalue weighted by Crippen LogP contribution is -2.14. The number of halogens is 2. The molecule has 1 rings (SSSR count). The highest BCUT2D eigenvalue weighted by Gasteiger charge is 2.17. The second-order valence-electron chi connectivity index (χ2n) is 3.47. The van der Waals surface area contributed by atoms with Crippen LogP contribution in [-0.2, 0) is 11.4 Å². The molecule has 0 bridgehead atoms. The van der Waals surface area contributed by atoms with Crippen LogP contribution < -0.4 is 5.73 Å². The number of hydrogen-bond acceptors (Lipinski definition) is 5. The van der Waals surface area contributed by atoms with E-state index in [0.717, 1.165) is 0 Å². The summed E-state index contributed by atoms with van der Waals surface area (Å²) < 4.78 is 26.8. The Morgan fingerprint density at radius 2 is 2.05 bits per heavy atom. The quantitative estimate of drug-likeness (QED) is 0.349. The Kier molecular flexibility index (Phi) is 5.12. The first-order chi connectivity index (χ1) is 8.95. The van der Waals surface area contributed by atoms with E-state index in [2.05, 4.69) is 9.99 Å². The van der Waals surface area contributed by atoms with E-state index in [1.807, 2.05) is 0 Å². The van der Waals surface area contributed by atoms with Crippen molar-refractivity contribution in [2.45, 2.75) is 13.0 Å². The standard InChI is InChI=1S/C10H11F2N3O4/c11-8-3-6(15(17)18)4-9(12)7(8)5-19-14-10(13)1-2-16/h3-4,16H,1-2,5H2,(H2,13,14). The van der Waals surface area contributed by atoms with E-state index in [9.17, 15) is 18.9 Å².